The van der Waals surface area contributed by atoms with E-state index in [1.165, 1.54) is 13.2 Å². The van der Waals surface area contributed by atoms with Gasteiger partial charge in [-0.25, -0.2) is 10.5 Å². The summed E-state index contributed by atoms with van der Waals surface area (Å²) in [6, 6.07) is 25.1. The number of anilines is 1. The van der Waals surface area contributed by atoms with Crippen LogP contribution in [0.3, 0.4) is 0 Å². The number of carbonyl (C=O) groups excluding carboxylic acids is 1. The Labute approximate surface area is 261 Å². The molecule has 1 aliphatic heterocycles. The highest BCUT2D eigenvalue weighted by atomic mass is 16.5. The summed E-state index contributed by atoms with van der Waals surface area (Å²) in [5.74, 6) is -0.228. The summed E-state index contributed by atoms with van der Waals surface area (Å²) in [6.45, 7) is 2.22. The van der Waals surface area contributed by atoms with Crippen molar-refractivity contribution in [1.29, 1.82) is 10.5 Å². The average molecular weight is 601 g/mol. The number of phenols is 1. The number of nitrogens with one attached hydrogen (secondary N) is 2. The fourth-order valence-electron chi connectivity index (χ4n) is 5.52. The first kappa shape index (κ1) is 30.8. The molecule has 0 aliphatic carbocycles. The molecule has 10 heteroatoms. The maximum absolute atomic E-state index is 11.2. The number of rotatable bonds is 9. The van der Waals surface area contributed by atoms with Gasteiger partial charge < -0.3 is 20.1 Å². The standard InChI is InChI=1S/C35H32N6O4/c1-45-33-12-8-25(18-32(33)42)29-10-11-31(30(20-37)35(29)26-7-9-28(19-36)39-22-26)41-16-14-27(15-17-41)38-21-24-4-2-23(3-5-24)6-13-34(43)40-44/h2-13,18,22,27,38,42,44H,14-17,21H2,1H3,(H,40,43)/b13-6+. The number of nitriles is 2. The van der Waals surface area contributed by atoms with Gasteiger partial charge in [-0.3, -0.25) is 10.0 Å². The molecule has 0 spiro atoms. The van der Waals surface area contributed by atoms with Crippen LogP contribution in [0.15, 0.2) is 79.0 Å². The van der Waals surface area contributed by atoms with Gasteiger partial charge in [0.1, 0.15) is 17.8 Å². The van der Waals surface area contributed by atoms with Crippen LogP contribution in [0.1, 0.15) is 35.2 Å². The van der Waals surface area contributed by atoms with E-state index < -0.39 is 5.91 Å². The van der Waals surface area contributed by atoms with Crippen molar-refractivity contribution in [2.45, 2.75) is 25.4 Å². The summed E-state index contributed by atoms with van der Waals surface area (Å²) in [7, 11) is 1.49. The van der Waals surface area contributed by atoms with E-state index in [0.717, 1.165) is 53.9 Å². The van der Waals surface area contributed by atoms with Crippen molar-refractivity contribution >= 4 is 17.7 Å². The zero-order chi connectivity index (χ0) is 31.8. The van der Waals surface area contributed by atoms with Gasteiger partial charge in [0, 0.05) is 49.1 Å². The monoisotopic (exact) mass is 600 g/mol. The molecule has 0 radical (unpaired) electrons. The van der Waals surface area contributed by atoms with Crippen LogP contribution < -0.4 is 20.4 Å². The lowest BCUT2D eigenvalue weighted by Gasteiger charge is -2.35. The normalized spacial score (nSPS) is 13.3. The Morgan fingerprint density at radius 2 is 1.80 bits per heavy atom. The number of ether oxygens (including phenoxy) is 1. The number of carbonyl (C=O) groups is 1. The molecule has 0 atom stereocenters. The van der Waals surface area contributed by atoms with Gasteiger partial charge in [-0.15, -0.1) is 0 Å². The predicted molar refractivity (Wildman–Crippen MR) is 170 cm³/mol. The van der Waals surface area contributed by atoms with E-state index in [9.17, 15) is 20.4 Å². The van der Waals surface area contributed by atoms with Gasteiger partial charge in [0.25, 0.3) is 5.91 Å². The van der Waals surface area contributed by atoms with Crippen LogP contribution in [0.2, 0.25) is 0 Å². The first-order chi connectivity index (χ1) is 21.9. The minimum Gasteiger partial charge on any atom is -0.504 e. The fraction of sp³-hybridized carbons (Fsp3) is 0.200. The molecule has 0 unspecified atom stereocenters. The molecule has 45 heavy (non-hydrogen) atoms. The average Bonchev–Trinajstić information content (AvgIpc) is 3.09. The quantitative estimate of drug-likeness (QED) is 0.116. The summed E-state index contributed by atoms with van der Waals surface area (Å²) >= 11 is 0. The molecule has 1 amide bonds. The highest BCUT2D eigenvalue weighted by Crippen LogP contribution is 2.42. The Morgan fingerprint density at radius 3 is 2.42 bits per heavy atom. The Hall–Kier alpha value is -5.68. The third-order valence-electron chi connectivity index (χ3n) is 7.90. The van der Waals surface area contributed by atoms with Gasteiger partial charge in [-0.2, -0.15) is 10.5 Å². The van der Waals surface area contributed by atoms with Crippen molar-refractivity contribution in [3.63, 3.8) is 0 Å². The van der Waals surface area contributed by atoms with E-state index in [0.29, 0.717) is 35.0 Å². The summed E-state index contributed by atoms with van der Waals surface area (Å²) in [5, 5.41) is 42.5. The highest BCUT2D eigenvalue weighted by molar-refractivity contribution is 5.92. The number of phenolic OH excluding ortho intramolecular Hbond substituents is 1. The molecule has 1 aromatic heterocycles. The lowest BCUT2D eigenvalue weighted by Crippen LogP contribution is -2.42. The number of pyridine rings is 1. The highest BCUT2D eigenvalue weighted by Gasteiger charge is 2.25. The molecule has 4 aromatic rings. The van der Waals surface area contributed by atoms with Crippen LogP contribution in [0.4, 0.5) is 5.69 Å². The smallest absolute Gasteiger partial charge is 0.267 e. The fourth-order valence-corrected chi connectivity index (χ4v) is 5.52. The molecule has 2 heterocycles. The maximum Gasteiger partial charge on any atom is 0.267 e. The number of hydrogen-bond acceptors (Lipinski definition) is 9. The van der Waals surface area contributed by atoms with Crippen LogP contribution in [-0.4, -0.2) is 47.4 Å². The van der Waals surface area contributed by atoms with Crippen molar-refractivity contribution in [1.82, 2.24) is 15.8 Å². The minimum atomic E-state index is -0.579. The molecular formula is C35H32N6O4. The second-order valence-electron chi connectivity index (χ2n) is 10.6. The van der Waals surface area contributed by atoms with Crippen molar-refractivity contribution in [3.8, 4) is 45.9 Å². The largest absolute Gasteiger partial charge is 0.504 e. The van der Waals surface area contributed by atoms with Crippen LogP contribution >= 0.6 is 0 Å². The molecule has 0 saturated carbocycles. The Kier molecular flexibility index (Phi) is 9.70. The lowest BCUT2D eigenvalue weighted by atomic mass is 9.89. The Balaban J connectivity index is 1.34. The molecule has 4 N–H and O–H groups in total. The van der Waals surface area contributed by atoms with Gasteiger partial charge in [-0.05, 0) is 71.5 Å². The van der Waals surface area contributed by atoms with E-state index in [2.05, 4.69) is 21.3 Å². The Bertz CT molecular complexity index is 1780. The molecule has 5 rings (SSSR count). The third-order valence-corrected chi connectivity index (χ3v) is 7.90. The molecule has 1 saturated heterocycles. The topological polar surface area (TPSA) is 155 Å². The van der Waals surface area contributed by atoms with Gasteiger partial charge in [0.05, 0.1) is 18.4 Å². The summed E-state index contributed by atoms with van der Waals surface area (Å²) in [5.41, 5.74) is 8.03. The van der Waals surface area contributed by atoms with E-state index in [4.69, 9.17) is 9.94 Å². The number of benzene rings is 3. The van der Waals surface area contributed by atoms with Crippen LogP contribution in [-0.2, 0) is 11.3 Å². The molecule has 226 valence electrons. The zero-order valence-electron chi connectivity index (χ0n) is 24.7. The van der Waals surface area contributed by atoms with Crippen LogP contribution in [0.5, 0.6) is 11.5 Å². The van der Waals surface area contributed by atoms with Crippen LogP contribution in [0.25, 0.3) is 28.3 Å². The second kappa shape index (κ2) is 14.2. The van der Waals surface area contributed by atoms with Crippen molar-refractivity contribution in [2.75, 3.05) is 25.1 Å². The number of nitrogens with zero attached hydrogens (tertiary/aromatic N) is 4. The van der Waals surface area contributed by atoms with E-state index in [1.807, 2.05) is 48.5 Å². The summed E-state index contributed by atoms with van der Waals surface area (Å²) in [6.07, 6.45) is 6.29. The number of aromatic nitrogens is 1. The zero-order valence-corrected chi connectivity index (χ0v) is 24.7. The molecule has 0 bridgehead atoms. The third kappa shape index (κ3) is 7.11. The van der Waals surface area contributed by atoms with E-state index in [1.54, 1.807) is 42.0 Å². The Morgan fingerprint density at radius 1 is 1.04 bits per heavy atom. The second-order valence-corrected chi connectivity index (χ2v) is 10.6. The van der Waals surface area contributed by atoms with Gasteiger partial charge in [0.2, 0.25) is 0 Å². The van der Waals surface area contributed by atoms with Gasteiger partial charge in [0.15, 0.2) is 11.5 Å². The SMILES string of the molecule is COc1ccc(-c2ccc(N3CCC(NCc4ccc(/C=C/C(=O)NO)cc4)CC3)c(C#N)c2-c2ccc(C#N)nc2)cc1O. The molecular weight excluding hydrogens is 568 g/mol. The number of methoxy groups -OCH3 is 1. The van der Waals surface area contributed by atoms with Gasteiger partial charge in [-0.1, -0.05) is 36.4 Å². The number of piperidine rings is 1. The molecule has 1 fully saturated rings. The maximum atomic E-state index is 11.2. The molecule has 1 aliphatic rings. The number of aromatic hydroxyl groups is 1. The number of amides is 1. The van der Waals surface area contributed by atoms with Crippen molar-refractivity contribution < 1.29 is 19.8 Å². The van der Waals surface area contributed by atoms with Crippen molar-refractivity contribution in [2.24, 2.45) is 0 Å². The number of hydroxylamine groups is 1. The first-order valence-corrected chi connectivity index (χ1v) is 14.4. The van der Waals surface area contributed by atoms with Gasteiger partial charge >= 0.3 is 0 Å². The number of hydrogen-bond donors (Lipinski definition) is 4. The lowest BCUT2D eigenvalue weighted by molar-refractivity contribution is -0.124. The minimum absolute atomic E-state index is 0.00377. The van der Waals surface area contributed by atoms with Crippen molar-refractivity contribution in [3.05, 3.63) is 101 Å². The first-order valence-electron chi connectivity index (χ1n) is 14.4. The summed E-state index contributed by atoms with van der Waals surface area (Å²) < 4.78 is 5.22. The summed E-state index contributed by atoms with van der Waals surface area (Å²) in [4.78, 5) is 17.7. The molecule has 10 nitrogen and oxygen atoms in total. The molecule has 3 aromatic carbocycles. The van der Waals surface area contributed by atoms with E-state index >= 15 is 0 Å². The van der Waals surface area contributed by atoms with Crippen LogP contribution in [0, 0.1) is 22.7 Å². The predicted octanol–water partition coefficient (Wildman–Crippen LogP) is 5.15. The van der Waals surface area contributed by atoms with E-state index in [-0.39, 0.29) is 11.4 Å².